The second-order valence-electron chi connectivity index (χ2n) is 5.06. The van der Waals surface area contributed by atoms with Gasteiger partial charge in [0.05, 0.1) is 6.61 Å². The lowest BCUT2D eigenvalue weighted by atomic mass is 10.2. The summed E-state index contributed by atoms with van der Waals surface area (Å²) in [4.78, 5) is 11.0. The molecular formula is C15H26IN5O. The molecule has 0 spiro atoms. The Morgan fingerprint density at radius 1 is 1.36 bits per heavy atom. The van der Waals surface area contributed by atoms with E-state index in [2.05, 4.69) is 31.6 Å². The molecule has 0 bridgehead atoms. The first-order valence-corrected chi connectivity index (χ1v) is 7.47. The van der Waals surface area contributed by atoms with Crippen LogP contribution in [0.15, 0.2) is 23.3 Å². The summed E-state index contributed by atoms with van der Waals surface area (Å²) in [7, 11) is 3.46. The Morgan fingerprint density at radius 3 is 2.82 bits per heavy atom. The van der Waals surface area contributed by atoms with Crippen LogP contribution in [-0.4, -0.2) is 51.3 Å². The van der Waals surface area contributed by atoms with E-state index in [-0.39, 0.29) is 24.0 Å². The van der Waals surface area contributed by atoms with E-state index in [0.29, 0.717) is 6.61 Å². The Labute approximate surface area is 149 Å². The summed E-state index contributed by atoms with van der Waals surface area (Å²) in [5.41, 5.74) is 1.21. The molecule has 6 nitrogen and oxygen atoms in total. The molecule has 1 fully saturated rings. The summed E-state index contributed by atoms with van der Waals surface area (Å²) in [6.07, 6.45) is 4.41. The summed E-state index contributed by atoms with van der Waals surface area (Å²) in [6, 6.07) is 4.19. The van der Waals surface area contributed by atoms with Gasteiger partial charge in [-0.15, -0.1) is 24.0 Å². The first-order chi connectivity index (χ1) is 10.3. The number of ether oxygens (including phenoxy) is 1. The monoisotopic (exact) mass is 419 g/mol. The molecule has 0 aliphatic carbocycles. The second kappa shape index (κ2) is 10.6. The number of methoxy groups -OCH3 is 1. The molecule has 1 aliphatic rings. The third-order valence-electron chi connectivity index (χ3n) is 3.52. The highest BCUT2D eigenvalue weighted by molar-refractivity contribution is 14.0. The van der Waals surface area contributed by atoms with E-state index in [0.717, 1.165) is 38.0 Å². The molecule has 0 unspecified atom stereocenters. The molecule has 1 saturated heterocycles. The fourth-order valence-electron chi connectivity index (χ4n) is 2.37. The van der Waals surface area contributed by atoms with E-state index in [1.165, 1.54) is 18.4 Å². The summed E-state index contributed by atoms with van der Waals surface area (Å²) >= 11 is 0. The number of hydrogen-bond acceptors (Lipinski definition) is 4. The van der Waals surface area contributed by atoms with Gasteiger partial charge in [-0.25, -0.2) is 4.98 Å². The Bertz CT molecular complexity index is 463. The van der Waals surface area contributed by atoms with E-state index in [4.69, 9.17) is 4.74 Å². The van der Waals surface area contributed by atoms with E-state index in [9.17, 15) is 0 Å². The number of halogens is 1. The largest absolute Gasteiger partial charge is 0.383 e. The molecule has 0 radical (unpaired) electrons. The van der Waals surface area contributed by atoms with Gasteiger partial charge in [0.25, 0.3) is 0 Å². The molecule has 0 atom stereocenters. The van der Waals surface area contributed by atoms with E-state index < -0.39 is 0 Å². The second-order valence-corrected chi connectivity index (χ2v) is 5.06. The molecule has 1 aromatic rings. The quantitative estimate of drug-likeness (QED) is 0.318. The number of nitrogens with zero attached hydrogens (tertiary/aromatic N) is 3. The number of anilines is 1. The van der Waals surface area contributed by atoms with Gasteiger partial charge in [0.15, 0.2) is 5.96 Å². The minimum Gasteiger partial charge on any atom is -0.383 e. The van der Waals surface area contributed by atoms with Gasteiger partial charge < -0.3 is 20.3 Å². The van der Waals surface area contributed by atoms with E-state index in [1.807, 2.05) is 12.3 Å². The van der Waals surface area contributed by atoms with Crippen LogP contribution in [0.4, 0.5) is 5.82 Å². The highest BCUT2D eigenvalue weighted by Crippen LogP contribution is 2.18. The summed E-state index contributed by atoms with van der Waals surface area (Å²) in [5.74, 6) is 1.86. The van der Waals surface area contributed by atoms with Crippen molar-refractivity contribution in [2.45, 2.75) is 19.4 Å². The Kier molecular flexibility index (Phi) is 9.14. The van der Waals surface area contributed by atoms with Gasteiger partial charge >= 0.3 is 0 Å². The first kappa shape index (κ1) is 19.0. The molecule has 1 aliphatic heterocycles. The van der Waals surface area contributed by atoms with Crippen LogP contribution in [0.3, 0.4) is 0 Å². The number of guanidine groups is 1. The van der Waals surface area contributed by atoms with Crippen LogP contribution in [0.1, 0.15) is 18.4 Å². The van der Waals surface area contributed by atoms with Crippen LogP contribution in [0.5, 0.6) is 0 Å². The maximum atomic E-state index is 5.01. The van der Waals surface area contributed by atoms with Crippen LogP contribution in [0, 0.1) is 0 Å². The number of hydrogen-bond donors (Lipinski definition) is 2. The molecule has 0 amide bonds. The maximum Gasteiger partial charge on any atom is 0.191 e. The predicted molar refractivity (Wildman–Crippen MR) is 101 cm³/mol. The van der Waals surface area contributed by atoms with Crippen molar-refractivity contribution in [1.82, 2.24) is 15.6 Å². The van der Waals surface area contributed by atoms with Crippen LogP contribution in [-0.2, 0) is 11.3 Å². The average Bonchev–Trinajstić information content (AvgIpc) is 3.05. The SMILES string of the molecule is CN=C(NCCOC)NCc1ccnc(N2CCCC2)c1.I. The molecule has 0 aromatic carbocycles. The van der Waals surface area contributed by atoms with Crippen molar-refractivity contribution >= 4 is 35.8 Å². The van der Waals surface area contributed by atoms with Crippen LogP contribution in [0.25, 0.3) is 0 Å². The average molecular weight is 419 g/mol. The van der Waals surface area contributed by atoms with Crippen molar-refractivity contribution < 1.29 is 4.74 Å². The Balaban J connectivity index is 0.00000242. The normalized spacial score (nSPS) is 14.6. The van der Waals surface area contributed by atoms with Gasteiger partial charge in [-0.1, -0.05) is 0 Å². The minimum atomic E-state index is 0. The van der Waals surface area contributed by atoms with Gasteiger partial charge in [0.1, 0.15) is 5.82 Å². The van der Waals surface area contributed by atoms with Gasteiger partial charge in [-0.2, -0.15) is 0 Å². The molecule has 2 N–H and O–H groups in total. The van der Waals surface area contributed by atoms with Crippen molar-refractivity contribution in [3.63, 3.8) is 0 Å². The smallest absolute Gasteiger partial charge is 0.191 e. The minimum absolute atomic E-state index is 0. The summed E-state index contributed by atoms with van der Waals surface area (Å²) < 4.78 is 5.01. The number of nitrogens with one attached hydrogen (secondary N) is 2. The predicted octanol–water partition coefficient (Wildman–Crippen LogP) is 1.61. The number of aliphatic imine (C=N–C) groups is 1. The third kappa shape index (κ3) is 5.96. The van der Waals surface area contributed by atoms with Crippen molar-refractivity contribution in [1.29, 1.82) is 0 Å². The van der Waals surface area contributed by atoms with Gasteiger partial charge in [0.2, 0.25) is 0 Å². The topological polar surface area (TPSA) is 61.8 Å². The number of pyridine rings is 1. The molecule has 2 heterocycles. The highest BCUT2D eigenvalue weighted by Gasteiger charge is 2.13. The Morgan fingerprint density at radius 2 is 2.14 bits per heavy atom. The molecular weight excluding hydrogens is 393 g/mol. The fraction of sp³-hybridized carbons (Fsp3) is 0.600. The van der Waals surface area contributed by atoms with Gasteiger partial charge in [0, 0.05) is 46.5 Å². The van der Waals surface area contributed by atoms with Crippen molar-refractivity contribution in [3.8, 4) is 0 Å². The zero-order chi connectivity index (χ0) is 14.9. The lowest BCUT2D eigenvalue weighted by molar-refractivity contribution is 0.203. The van der Waals surface area contributed by atoms with Crippen molar-refractivity contribution in [2.24, 2.45) is 4.99 Å². The standard InChI is InChI=1S/C15H25N5O.HI/c1-16-15(18-7-10-21-2)19-12-13-5-6-17-14(11-13)20-8-3-4-9-20;/h5-6,11H,3-4,7-10,12H2,1-2H3,(H2,16,18,19);1H. The van der Waals surface area contributed by atoms with Gasteiger partial charge in [-0.3, -0.25) is 4.99 Å². The first-order valence-electron chi connectivity index (χ1n) is 7.47. The number of aromatic nitrogens is 1. The van der Waals surface area contributed by atoms with Crippen LogP contribution >= 0.6 is 24.0 Å². The van der Waals surface area contributed by atoms with Crippen molar-refractivity contribution in [2.75, 3.05) is 45.3 Å². The zero-order valence-electron chi connectivity index (χ0n) is 13.3. The van der Waals surface area contributed by atoms with Crippen LogP contribution < -0.4 is 15.5 Å². The molecule has 124 valence electrons. The summed E-state index contributed by atoms with van der Waals surface area (Å²) in [6.45, 7) is 4.37. The lowest BCUT2D eigenvalue weighted by Gasteiger charge is -2.17. The molecule has 7 heteroatoms. The van der Waals surface area contributed by atoms with Crippen molar-refractivity contribution in [3.05, 3.63) is 23.9 Å². The molecule has 2 rings (SSSR count). The summed E-state index contributed by atoms with van der Waals surface area (Å²) in [5, 5.41) is 6.50. The number of rotatable bonds is 6. The molecule has 22 heavy (non-hydrogen) atoms. The zero-order valence-corrected chi connectivity index (χ0v) is 15.7. The molecule has 0 saturated carbocycles. The fourth-order valence-corrected chi connectivity index (χ4v) is 2.37. The lowest BCUT2D eigenvalue weighted by Crippen LogP contribution is -2.38. The molecule has 1 aromatic heterocycles. The highest BCUT2D eigenvalue weighted by atomic mass is 127. The van der Waals surface area contributed by atoms with Crippen LogP contribution in [0.2, 0.25) is 0 Å². The van der Waals surface area contributed by atoms with E-state index >= 15 is 0 Å². The maximum absolute atomic E-state index is 5.01. The Hall–Kier alpha value is -1.09. The third-order valence-corrected chi connectivity index (χ3v) is 3.52. The van der Waals surface area contributed by atoms with E-state index in [1.54, 1.807) is 14.2 Å². The van der Waals surface area contributed by atoms with Gasteiger partial charge in [-0.05, 0) is 30.5 Å².